The number of fused-ring (bicyclic) bond motifs is 6. The maximum absolute atomic E-state index is 13.6. The zero-order chi connectivity index (χ0) is 28.1. The van der Waals surface area contributed by atoms with Crippen LogP contribution >= 0.6 is 0 Å². The molecule has 4 aromatic carbocycles. The fraction of sp³-hybridized carbons (Fsp3) is 0.222. The highest BCUT2D eigenvalue weighted by atomic mass is 16.3. The monoisotopic (exact) mass is 525 g/mol. The average molecular weight is 526 g/mol. The Balaban J connectivity index is 1.30. The molecule has 40 heavy (non-hydrogen) atoms. The van der Waals surface area contributed by atoms with Crippen molar-refractivity contribution >= 4 is 44.4 Å². The van der Waals surface area contributed by atoms with Crippen molar-refractivity contribution in [3.8, 4) is 0 Å². The first-order valence-electron chi connectivity index (χ1n) is 13.8. The zero-order valence-electron chi connectivity index (χ0n) is 23.8. The summed E-state index contributed by atoms with van der Waals surface area (Å²) in [4.78, 5) is 15.7. The fourth-order valence-electron chi connectivity index (χ4n) is 7.29. The number of nitrogens with zero attached hydrogens (tertiary/aromatic N) is 2. The lowest BCUT2D eigenvalue weighted by Crippen LogP contribution is -2.31. The number of anilines is 1. The molecule has 0 saturated heterocycles. The number of allylic oxidation sites excluding steroid dienone is 5. The van der Waals surface area contributed by atoms with Crippen molar-refractivity contribution in [1.29, 1.82) is 0 Å². The van der Waals surface area contributed by atoms with Crippen molar-refractivity contribution in [2.45, 2.75) is 38.5 Å². The zero-order valence-corrected chi connectivity index (χ0v) is 23.8. The highest BCUT2D eigenvalue weighted by Crippen LogP contribution is 2.51. The minimum atomic E-state index is -0.330. The van der Waals surface area contributed by atoms with Crippen molar-refractivity contribution in [3.05, 3.63) is 119 Å². The molecule has 2 heterocycles. The normalized spacial score (nSPS) is 21.1. The molecule has 0 unspecified atom stereocenters. The van der Waals surface area contributed by atoms with Gasteiger partial charge in [-0.2, -0.15) is 4.58 Å². The van der Waals surface area contributed by atoms with Crippen LogP contribution in [-0.2, 0) is 15.6 Å². The van der Waals surface area contributed by atoms with E-state index in [9.17, 15) is 9.90 Å². The van der Waals surface area contributed by atoms with Gasteiger partial charge in [-0.25, -0.2) is 0 Å². The Labute approximate surface area is 234 Å². The maximum atomic E-state index is 13.6. The summed E-state index contributed by atoms with van der Waals surface area (Å²) in [5, 5.41) is 16.1. The van der Waals surface area contributed by atoms with E-state index in [2.05, 4.69) is 110 Å². The second-order valence-corrected chi connectivity index (χ2v) is 12.3. The number of ketones is 1. The Morgan fingerprint density at radius 1 is 0.775 bits per heavy atom. The van der Waals surface area contributed by atoms with Crippen molar-refractivity contribution in [2.75, 3.05) is 19.0 Å². The number of hydrogen-bond donors (Lipinski definition) is 1. The highest BCUT2D eigenvalue weighted by Gasteiger charge is 2.47. The number of benzene rings is 4. The van der Waals surface area contributed by atoms with Crippen LogP contribution in [0.25, 0.3) is 21.5 Å². The molecular formula is C36H33N2O2+. The molecule has 4 nitrogen and oxygen atoms in total. The molecule has 0 spiro atoms. The predicted octanol–water partition coefficient (Wildman–Crippen LogP) is 7.63. The lowest BCUT2D eigenvalue weighted by Gasteiger charge is -2.27. The Kier molecular flexibility index (Phi) is 4.95. The summed E-state index contributed by atoms with van der Waals surface area (Å²) in [5.41, 5.74) is 6.84. The topological polar surface area (TPSA) is 43.5 Å². The lowest BCUT2D eigenvalue weighted by atomic mass is 9.76. The molecule has 0 fully saturated rings. The van der Waals surface area contributed by atoms with E-state index in [0.29, 0.717) is 11.1 Å². The van der Waals surface area contributed by atoms with Gasteiger partial charge in [0.2, 0.25) is 11.5 Å². The van der Waals surface area contributed by atoms with Crippen LogP contribution in [0.3, 0.4) is 0 Å². The Morgan fingerprint density at radius 3 is 2.02 bits per heavy atom. The molecule has 0 aromatic heterocycles. The average Bonchev–Trinajstić information content (AvgIpc) is 3.27. The van der Waals surface area contributed by atoms with Gasteiger partial charge in [-0.1, -0.05) is 68.4 Å². The summed E-state index contributed by atoms with van der Waals surface area (Å²) in [7, 11) is 4.08. The summed E-state index contributed by atoms with van der Waals surface area (Å²) >= 11 is 0. The van der Waals surface area contributed by atoms with Gasteiger partial charge in [0.25, 0.3) is 0 Å². The van der Waals surface area contributed by atoms with E-state index in [4.69, 9.17) is 0 Å². The van der Waals surface area contributed by atoms with Gasteiger partial charge in [0.1, 0.15) is 12.8 Å². The molecule has 0 saturated carbocycles. The quantitative estimate of drug-likeness (QED) is 0.216. The van der Waals surface area contributed by atoms with Crippen molar-refractivity contribution < 1.29 is 14.5 Å². The Morgan fingerprint density at radius 2 is 1.38 bits per heavy atom. The number of carbonyl (C=O) groups is 1. The van der Waals surface area contributed by atoms with E-state index < -0.39 is 0 Å². The third-order valence-electron chi connectivity index (χ3n) is 9.35. The van der Waals surface area contributed by atoms with Crippen molar-refractivity contribution in [1.82, 2.24) is 0 Å². The molecule has 2 aliphatic heterocycles. The van der Waals surface area contributed by atoms with Crippen molar-refractivity contribution in [3.63, 3.8) is 0 Å². The third kappa shape index (κ3) is 3.08. The lowest BCUT2D eigenvalue weighted by molar-refractivity contribution is -0.401. The second-order valence-electron chi connectivity index (χ2n) is 12.3. The number of Topliss-reactive ketones (excluding diaryl/α,β-unsaturated/α-hetero) is 1. The van der Waals surface area contributed by atoms with E-state index >= 15 is 0 Å². The molecule has 0 bridgehead atoms. The van der Waals surface area contributed by atoms with E-state index in [-0.39, 0.29) is 22.4 Å². The van der Waals surface area contributed by atoms with Gasteiger partial charge < -0.3 is 10.0 Å². The van der Waals surface area contributed by atoms with Crippen LogP contribution in [0.5, 0.6) is 0 Å². The van der Waals surface area contributed by atoms with Crippen LogP contribution in [0, 0.1) is 0 Å². The molecule has 3 aliphatic rings. The minimum Gasteiger partial charge on any atom is -0.506 e. The summed E-state index contributed by atoms with van der Waals surface area (Å²) < 4.78 is 2.15. The second kappa shape index (κ2) is 8.04. The van der Waals surface area contributed by atoms with Gasteiger partial charge in [0, 0.05) is 41.6 Å². The van der Waals surface area contributed by atoms with Crippen LogP contribution in [-0.4, -0.2) is 35.3 Å². The van der Waals surface area contributed by atoms with E-state index in [1.807, 2.05) is 26.2 Å². The molecule has 1 aliphatic carbocycles. The maximum Gasteiger partial charge on any atom is 0.210 e. The number of rotatable bonds is 2. The van der Waals surface area contributed by atoms with Gasteiger partial charge in [-0.15, -0.1) is 0 Å². The minimum absolute atomic E-state index is 0.0695. The smallest absolute Gasteiger partial charge is 0.210 e. The summed E-state index contributed by atoms with van der Waals surface area (Å²) in [6, 6.07) is 25.4. The summed E-state index contributed by atoms with van der Waals surface area (Å²) in [6.07, 6.45) is 3.78. The molecule has 7 rings (SSSR count). The standard InChI is InChI=1S/C36H32N2O2/c1-35(2)29(37(5)27-17-15-21-11-7-9-13-23(21)31(27)35)19-25-33(39)26(34(25)40)20-30-36(3,4)32-24-14-10-8-12-22(24)16-18-28(32)38(30)6/h7-20H,1-6H3/p+1. The van der Waals surface area contributed by atoms with Gasteiger partial charge >= 0.3 is 0 Å². The third-order valence-corrected chi connectivity index (χ3v) is 9.35. The molecule has 1 N–H and O–H groups in total. The molecule has 0 atom stereocenters. The number of aliphatic hydroxyl groups excluding tert-OH is 1. The number of aliphatic hydroxyl groups is 1. The number of likely N-dealkylation sites (N-methyl/N-ethyl adjacent to an activating group) is 1. The SMILES string of the molecule is CN1C(=CC2=C(O)/C(=C/C3=[N+](C)c4ccc5ccccc5c4C3(C)C)C2=O)C(C)(C)c2c1ccc1ccccc21. The predicted molar refractivity (Wildman–Crippen MR) is 164 cm³/mol. The van der Waals surface area contributed by atoms with Gasteiger partial charge in [0.05, 0.1) is 16.6 Å². The van der Waals surface area contributed by atoms with Crippen LogP contribution in [0.15, 0.2) is 108 Å². The fourth-order valence-corrected chi connectivity index (χ4v) is 7.29. The molecule has 198 valence electrons. The Hall–Kier alpha value is -4.44. The first-order chi connectivity index (χ1) is 19.0. The number of carbonyl (C=O) groups excluding carboxylic acids is 1. The van der Waals surface area contributed by atoms with Gasteiger partial charge in [0.15, 0.2) is 5.71 Å². The largest absolute Gasteiger partial charge is 0.506 e. The highest BCUT2D eigenvalue weighted by molar-refractivity contribution is 6.24. The molecular weight excluding hydrogens is 492 g/mol. The van der Waals surface area contributed by atoms with Crippen LogP contribution in [0.1, 0.15) is 38.8 Å². The van der Waals surface area contributed by atoms with E-state index in [1.165, 1.54) is 32.7 Å². The summed E-state index contributed by atoms with van der Waals surface area (Å²) in [6.45, 7) is 8.77. The first-order valence-corrected chi connectivity index (χ1v) is 13.8. The van der Waals surface area contributed by atoms with E-state index in [0.717, 1.165) is 22.8 Å². The molecule has 4 heteroatoms. The van der Waals surface area contributed by atoms with E-state index in [1.54, 1.807) is 0 Å². The Bertz CT molecular complexity index is 1950. The van der Waals surface area contributed by atoms with Crippen molar-refractivity contribution in [2.24, 2.45) is 0 Å². The van der Waals surface area contributed by atoms with Crippen LogP contribution < -0.4 is 4.90 Å². The summed E-state index contributed by atoms with van der Waals surface area (Å²) in [5.74, 6) is -0.0486. The van der Waals surface area contributed by atoms with Gasteiger partial charge in [-0.3, -0.25) is 4.79 Å². The first kappa shape index (κ1) is 24.6. The van der Waals surface area contributed by atoms with Gasteiger partial charge in [-0.05, 0) is 59.2 Å². The molecule has 0 radical (unpaired) electrons. The van der Waals surface area contributed by atoms with Crippen LogP contribution in [0.4, 0.5) is 11.4 Å². The number of hydrogen-bond acceptors (Lipinski definition) is 3. The molecule has 0 amide bonds. The van der Waals surface area contributed by atoms with Crippen LogP contribution in [0.2, 0.25) is 0 Å². The molecule has 4 aromatic rings.